The highest BCUT2D eigenvalue weighted by Gasteiger charge is 2.20. The Morgan fingerprint density at radius 3 is 2.81 bits per heavy atom. The summed E-state index contributed by atoms with van der Waals surface area (Å²) in [5.74, 6) is 1.71. The molecule has 0 aromatic heterocycles. The lowest BCUT2D eigenvalue weighted by atomic mass is 9.82. The molecule has 3 nitrogen and oxygen atoms in total. The third-order valence-electron chi connectivity index (χ3n) is 3.50. The zero-order chi connectivity index (χ0) is 12.0. The van der Waals surface area contributed by atoms with Crippen molar-refractivity contribution in [1.29, 1.82) is 0 Å². The zero-order valence-electron chi connectivity index (χ0n) is 11.0. The second kappa shape index (κ2) is 7.25. The average molecular weight is 229 g/mol. The van der Waals surface area contributed by atoms with E-state index in [0.717, 1.165) is 24.9 Å². The predicted octanol–water partition coefficient (Wildman–Crippen LogP) is 1.75. The summed E-state index contributed by atoms with van der Waals surface area (Å²) in [5, 5.41) is 9.63. The highest BCUT2D eigenvalue weighted by atomic mass is 16.5. The molecule has 0 heterocycles. The molecule has 96 valence electrons. The molecule has 0 aliphatic heterocycles. The van der Waals surface area contributed by atoms with E-state index < -0.39 is 0 Å². The SMILES string of the molecule is COCC(O)CN(C)CC1CCCC(C)C1. The molecule has 1 aliphatic carbocycles. The van der Waals surface area contributed by atoms with Crippen LogP contribution in [0.15, 0.2) is 0 Å². The van der Waals surface area contributed by atoms with Crippen LogP contribution in [0.3, 0.4) is 0 Å². The van der Waals surface area contributed by atoms with Gasteiger partial charge < -0.3 is 14.7 Å². The molecule has 1 fully saturated rings. The molecular formula is C13H27NO2. The molecule has 3 unspecified atom stereocenters. The van der Waals surface area contributed by atoms with Crippen LogP contribution in [0.5, 0.6) is 0 Å². The molecular weight excluding hydrogens is 202 g/mol. The maximum absolute atomic E-state index is 9.63. The summed E-state index contributed by atoms with van der Waals surface area (Å²) in [4.78, 5) is 2.24. The molecule has 3 atom stereocenters. The fraction of sp³-hybridized carbons (Fsp3) is 1.00. The number of hydrogen-bond acceptors (Lipinski definition) is 3. The summed E-state index contributed by atoms with van der Waals surface area (Å²) < 4.78 is 4.93. The lowest BCUT2D eigenvalue weighted by Gasteiger charge is -2.31. The van der Waals surface area contributed by atoms with Crippen molar-refractivity contribution in [1.82, 2.24) is 4.90 Å². The van der Waals surface area contributed by atoms with Gasteiger partial charge in [-0.15, -0.1) is 0 Å². The van der Waals surface area contributed by atoms with E-state index in [4.69, 9.17) is 4.74 Å². The van der Waals surface area contributed by atoms with Gasteiger partial charge in [0.1, 0.15) is 0 Å². The van der Waals surface area contributed by atoms with Gasteiger partial charge in [-0.25, -0.2) is 0 Å². The smallest absolute Gasteiger partial charge is 0.0899 e. The second-order valence-corrected chi connectivity index (χ2v) is 5.47. The van der Waals surface area contributed by atoms with E-state index in [2.05, 4.69) is 18.9 Å². The number of nitrogens with zero attached hydrogens (tertiary/aromatic N) is 1. The maximum atomic E-state index is 9.63. The molecule has 1 saturated carbocycles. The molecule has 0 aromatic carbocycles. The van der Waals surface area contributed by atoms with E-state index >= 15 is 0 Å². The minimum Gasteiger partial charge on any atom is -0.389 e. The standard InChI is InChI=1S/C13H27NO2/c1-11-5-4-6-12(7-11)8-14(2)9-13(15)10-16-3/h11-13,15H,4-10H2,1-3H3. The van der Waals surface area contributed by atoms with Crippen molar-refractivity contribution in [2.45, 2.75) is 38.7 Å². The Morgan fingerprint density at radius 1 is 1.44 bits per heavy atom. The molecule has 0 spiro atoms. The fourth-order valence-electron chi connectivity index (χ4n) is 2.85. The topological polar surface area (TPSA) is 32.7 Å². The molecule has 1 aliphatic rings. The van der Waals surface area contributed by atoms with E-state index in [1.165, 1.54) is 25.7 Å². The highest BCUT2D eigenvalue weighted by molar-refractivity contribution is 4.73. The van der Waals surface area contributed by atoms with E-state index in [0.29, 0.717) is 6.61 Å². The lowest BCUT2D eigenvalue weighted by Crippen LogP contribution is -2.36. The van der Waals surface area contributed by atoms with Gasteiger partial charge in [-0.05, 0) is 31.7 Å². The van der Waals surface area contributed by atoms with Crippen molar-refractivity contribution in [2.75, 3.05) is 33.9 Å². The van der Waals surface area contributed by atoms with Gasteiger partial charge in [-0.2, -0.15) is 0 Å². The summed E-state index contributed by atoms with van der Waals surface area (Å²) in [6.07, 6.45) is 5.13. The predicted molar refractivity (Wildman–Crippen MR) is 66.5 cm³/mol. The Kier molecular flexibility index (Phi) is 6.32. The number of hydrogen-bond donors (Lipinski definition) is 1. The summed E-state index contributed by atoms with van der Waals surface area (Å²) in [7, 11) is 3.73. The molecule has 0 bridgehead atoms. The van der Waals surface area contributed by atoms with Crippen molar-refractivity contribution in [3.8, 4) is 0 Å². The Bertz CT molecular complexity index is 187. The van der Waals surface area contributed by atoms with Gasteiger partial charge in [0, 0.05) is 20.2 Å². The molecule has 1 rings (SSSR count). The van der Waals surface area contributed by atoms with Crippen LogP contribution < -0.4 is 0 Å². The highest BCUT2D eigenvalue weighted by Crippen LogP contribution is 2.28. The van der Waals surface area contributed by atoms with Crippen LogP contribution in [0.4, 0.5) is 0 Å². The van der Waals surface area contributed by atoms with Crippen LogP contribution in [0.2, 0.25) is 0 Å². The van der Waals surface area contributed by atoms with Crippen LogP contribution in [-0.4, -0.2) is 50.0 Å². The fourth-order valence-corrected chi connectivity index (χ4v) is 2.85. The molecule has 16 heavy (non-hydrogen) atoms. The summed E-state index contributed by atoms with van der Waals surface area (Å²) in [6.45, 7) is 4.63. The number of aliphatic hydroxyl groups is 1. The van der Waals surface area contributed by atoms with E-state index in [-0.39, 0.29) is 6.10 Å². The summed E-state index contributed by atoms with van der Waals surface area (Å²) >= 11 is 0. The molecule has 0 amide bonds. The Hall–Kier alpha value is -0.120. The van der Waals surface area contributed by atoms with Crippen LogP contribution in [0.25, 0.3) is 0 Å². The average Bonchev–Trinajstić information content (AvgIpc) is 2.17. The first-order valence-electron chi connectivity index (χ1n) is 6.47. The molecule has 0 saturated heterocycles. The number of methoxy groups -OCH3 is 1. The van der Waals surface area contributed by atoms with Gasteiger partial charge in [-0.1, -0.05) is 19.8 Å². The maximum Gasteiger partial charge on any atom is 0.0899 e. The lowest BCUT2D eigenvalue weighted by molar-refractivity contribution is 0.0382. The van der Waals surface area contributed by atoms with Gasteiger partial charge in [0.25, 0.3) is 0 Å². The van der Waals surface area contributed by atoms with Crippen LogP contribution in [0.1, 0.15) is 32.6 Å². The largest absolute Gasteiger partial charge is 0.389 e. The number of likely N-dealkylation sites (N-methyl/N-ethyl adjacent to an activating group) is 1. The van der Waals surface area contributed by atoms with Gasteiger partial charge in [0.2, 0.25) is 0 Å². The van der Waals surface area contributed by atoms with Gasteiger partial charge in [0.15, 0.2) is 0 Å². The first kappa shape index (κ1) is 13.9. The first-order valence-corrected chi connectivity index (χ1v) is 6.47. The van der Waals surface area contributed by atoms with Crippen molar-refractivity contribution < 1.29 is 9.84 Å². The molecule has 0 aromatic rings. The van der Waals surface area contributed by atoms with Crippen molar-refractivity contribution in [2.24, 2.45) is 11.8 Å². The normalized spacial score (nSPS) is 28.3. The second-order valence-electron chi connectivity index (χ2n) is 5.47. The number of rotatable bonds is 6. The summed E-state index contributed by atoms with van der Waals surface area (Å²) in [5.41, 5.74) is 0. The van der Waals surface area contributed by atoms with Crippen LogP contribution >= 0.6 is 0 Å². The monoisotopic (exact) mass is 229 g/mol. The Balaban J connectivity index is 2.19. The minimum absolute atomic E-state index is 0.351. The van der Waals surface area contributed by atoms with Crippen LogP contribution in [-0.2, 0) is 4.74 Å². The van der Waals surface area contributed by atoms with Gasteiger partial charge >= 0.3 is 0 Å². The summed E-state index contributed by atoms with van der Waals surface area (Å²) in [6, 6.07) is 0. The first-order chi connectivity index (χ1) is 7.61. The van der Waals surface area contributed by atoms with E-state index in [1.807, 2.05) is 0 Å². The van der Waals surface area contributed by atoms with E-state index in [9.17, 15) is 5.11 Å². The van der Waals surface area contributed by atoms with Crippen molar-refractivity contribution in [3.63, 3.8) is 0 Å². The van der Waals surface area contributed by atoms with Gasteiger partial charge in [0.05, 0.1) is 12.7 Å². The number of aliphatic hydroxyl groups excluding tert-OH is 1. The van der Waals surface area contributed by atoms with E-state index in [1.54, 1.807) is 7.11 Å². The third kappa shape index (κ3) is 5.28. The van der Waals surface area contributed by atoms with Crippen molar-refractivity contribution in [3.05, 3.63) is 0 Å². The number of ether oxygens (including phenoxy) is 1. The minimum atomic E-state index is -0.351. The van der Waals surface area contributed by atoms with Crippen LogP contribution in [0, 0.1) is 11.8 Å². The Morgan fingerprint density at radius 2 is 2.19 bits per heavy atom. The quantitative estimate of drug-likeness (QED) is 0.753. The molecule has 3 heteroatoms. The molecule has 0 radical (unpaired) electrons. The van der Waals surface area contributed by atoms with Gasteiger partial charge in [-0.3, -0.25) is 0 Å². The zero-order valence-corrected chi connectivity index (χ0v) is 11.0. The third-order valence-corrected chi connectivity index (χ3v) is 3.50. The Labute approximate surface area is 99.8 Å². The molecule has 1 N–H and O–H groups in total. The van der Waals surface area contributed by atoms with Crippen molar-refractivity contribution >= 4 is 0 Å².